The summed E-state index contributed by atoms with van der Waals surface area (Å²) in [6.45, 7) is 6.47. The summed E-state index contributed by atoms with van der Waals surface area (Å²) in [6.07, 6.45) is 7.88. The van der Waals surface area contributed by atoms with E-state index in [1.807, 2.05) is 4.90 Å². The number of rotatable bonds is 3. The summed E-state index contributed by atoms with van der Waals surface area (Å²) >= 11 is 0. The lowest BCUT2D eigenvalue weighted by atomic mass is 9.93. The van der Waals surface area contributed by atoms with Crippen molar-refractivity contribution < 1.29 is 4.90 Å². The Morgan fingerprint density at radius 2 is 1.80 bits per heavy atom. The van der Waals surface area contributed by atoms with Gasteiger partial charge in [0.15, 0.2) is 0 Å². The molecule has 1 heterocycles. The first-order valence-electron chi connectivity index (χ1n) is 8.20. The Labute approximate surface area is 122 Å². The Morgan fingerprint density at radius 1 is 1.00 bits per heavy atom. The van der Waals surface area contributed by atoms with E-state index in [0.29, 0.717) is 0 Å². The highest BCUT2D eigenvalue weighted by Gasteiger charge is 2.38. The number of nitrogens with one attached hydrogen (secondary N) is 1. The fraction of sp³-hybridized carbons (Fsp3) is 0.556. The zero-order valence-corrected chi connectivity index (χ0v) is 12.2. The van der Waals surface area contributed by atoms with Gasteiger partial charge in [0.1, 0.15) is 0 Å². The van der Waals surface area contributed by atoms with Crippen LogP contribution < -0.4 is 9.80 Å². The Bertz CT molecular complexity index is 473. The van der Waals surface area contributed by atoms with Crippen LogP contribution in [0.15, 0.2) is 42.5 Å². The molecule has 0 unspecified atom stereocenters. The van der Waals surface area contributed by atoms with Crippen molar-refractivity contribution in [2.24, 2.45) is 17.8 Å². The van der Waals surface area contributed by atoms with Crippen LogP contribution in [0.5, 0.6) is 0 Å². The molecule has 2 aliphatic carbocycles. The van der Waals surface area contributed by atoms with Gasteiger partial charge in [-0.15, -0.1) is 0 Å². The minimum Gasteiger partial charge on any atom is -0.360 e. The number of hydrogen-bond donors (Lipinski definition) is 1. The number of para-hydroxylation sites is 1. The van der Waals surface area contributed by atoms with Gasteiger partial charge in [-0.1, -0.05) is 30.4 Å². The van der Waals surface area contributed by atoms with E-state index < -0.39 is 0 Å². The van der Waals surface area contributed by atoms with Gasteiger partial charge in [0.25, 0.3) is 0 Å². The van der Waals surface area contributed by atoms with Gasteiger partial charge in [0.2, 0.25) is 0 Å². The van der Waals surface area contributed by atoms with Crippen molar-refractivity contribution >= 4 is 5.69 Å². The lowest BCUT2D eigenvalue weighted by Gasteiger charge is -2.35. The fourth-order valence-corrected chi connectivity index (χ4v) is 4.42. The van der Waals surface area contributed by atoms with Crippen molar-refractivity contribution in [1.82, 2.24) is 0 Å². The molecular formula is C18H25N2+. The van der Waals surface area contributed by atoms with Crippen LogP contribution in [-0.4, -0.2) is 32.7 Å². The van der Waals surface area contributed by atoms with E-state index >= 15 is 0 Å². The van der Waals surface area contributed by atoms with Crippen molar-refractivity contribution in [3.05, 3.63) is 42.5 Å². The van der Waals surface area contributed by atoms with E-state index in [1.165, 1.54) is 51.3 Å². The van der Waals surface area contributed by atoms with Crippen LogP contribution >= 0.6 is 0 Å². The number of hydrogen-bond acceptors (Lipinski definition) is 1. The second-order valence-corrected chi connectivity index (χ2v) is 6.82. The molecule has 2 heteroatoms. The van der Waals surface area contributed by atoms with Crippen molar-refractivity contribution in [2.45, 2.75) is 12.8 Å². The molecule has 1 aliphatic heterocycles. The van der Waals surface area contributed by atoms with E-state index in [2.05, 4.69) is 47.4 Å². The Hall–Kier alpha value is -1.28. The maximum atomic E-state index is 2.55. The van der Waals surface area contributed by atoms with Crippen LogP contribution in [0.3, 0.4) is 0 Å². The molecule has 1 N–H and O–H groups in total. The monoisotopic (exact) mass is 269 g/mol. The molecule has 1 saturated carbocycles. The molecule has 3 atom stereocenters. The van der Waals surface area contributed by atoms with E-state index in [9.17, 15) is 0 Å². The summed E-state index contributed by atoms with van der Waals surface area (Å²) in [4.78, 5) is 4.38. The SMILES string of the molecule is C1=C[C@@H]2C[C@@H]1C[C@@H]2C[NH+]1CCN(c2ccccc2)CC1. The largest absolute Gasteiger partial charge is 0.360 e. The Kier molecular flexibility index (Phi) is 3.27. The molecule has 4 rings (SSSR count). The molecule has 3 aliphatic rings. The summed E-state index contributed by atoms with van der Waals surface area (Å²) in [5.74, 6) is 2.82. The summed E-state index contributed by atoms with van der Waals surface area (Å²) in [7, 11) is 0. The first kappa shape index (κ1) is 12.5. The predicted octanol–water partition coefficient (Wildman–Crippen LogP) is 1.60. The average molecular weight is 269 g/mol. The molecule has 1 aromatic carbocycles. The first-order valence-corrected chi connectivity index (χ1v) is 8.20. The minimum atomic E-state index is 0.916. The van der Waals surface area contributed by atoms with Crippen LogP contribution in [0.25, 0.3) is 0 Å². The molecule has 0 amide bonds. The summed E-state index contributed by atoms with van der Waals surface area (Å²) < 4.78 is 0. The van der Waals surface area contributed by atoms with Crippen molar-refractivity contribution in [1.29, 1.82) is 0 Å². The van der Waals surface area contributed by atoms with E-state index in [-0.39, 0.29) is 0 Å². The van der Waals surface area contributed by atoms with Crippen LogP contribution in [0.4, 0.5) is 5.69 Å². The topological polar surface area (TPSA) is 7.68 Å². The molecule has 0 aromatic heterocycles. The van der Waals surface area contributed by atoms with Gasteiger partial charge in [-0.05, 0) is 36.8 Å². The highest BCUT2D eigenvalue weighted by Crippen LogP contribution is 2.42. The number of nitrogens with zero attached hydrogens (tertiary/aromatic N) is 1. The van der Waals surface area contributed by atoms with Crippen molar-refractivity contribution in [3.63, 3.8) is 0 Å². The van der Waals surface area contributed by atoms with Crippen LogP contribution in [0.1, 0.15) is 12.8 Å². The van der Waals surface area contributed by atoms with Crippen molar-refractivity contribution in [3.8, 4) is 0 Å². The smallest absolute Gasteiger partial charge is 0.0949 e. The lowest BCUT2D eigenvalue weighted by Crippen LogP contribution is -3.15. The van der Waals surface area contributed by atoms with Crippen LogP contribution in [0.2, 0.25) is 0 Å². The van der Waals surface area contributed by atoms with Crippen molar-refractivity contribution in [2.75, 3.05) is 37.6 Å². The zero-order chi connectivity index (χ0) is 13.4. The molecule has 2 bridgehead atoms. The number of quaternary nitrogens is 1. The molecule has 106 valence electrons. The van der Waals surface area contributed by atoms with Gasteiger partial charge in [-0.25, -0.2) is 0 Å². The average Bonchev–Trinajstić information content (AvgIpc) is 3.12. The van der Waals surface area contributed by atoms with E-state index in [1.54, 1.807) is 0 Å². The van der Waals surface area contributed by atoms with Crippen LogP contribution in [0, 0.1) is 17.8 Å². The zero-order valence-electron chi connectivity index (χ0n) is 12.2. The molecule has 1 aromatic rings. The minimum absolute atomic E-state index is 0.916. The number of allylic oxidation sites excluding steroid dienone is 2. The molecule has 1 saturated heterocycles. The summed E-state index contributed by atoms with van der Waals surface area (Å²) in [6, 6.07) is 10.9. The maximum absolute atomic E-state index is 2.55. The van der Waals surface area contributed by atoms with Gasteiger partial charge >= 0.3 is 0 Å². The second-order valence-electron chi connectivity index (χ2n) is 6.82. The highest BCUT2D eigenvalue weighted by molar-refractivity contribution is 5.46. The lowest BCUT2D eigenvalue weighted by molar-refractivity contribution is -0.904. The van der Waals surface area contributed by atoms with Gasteiger partial charge < -0.3 is 9.80 Å². The quantitative estimate of drug-likeness (QED) is 0.819. The van der Waals surface area contributed by atoms with Gasteiger partial charge in [-0.2, -0.15) is 0 Å². The molecular weight excluding hydrogens is 244 g/mol. The highest BCUT2D eigenvalue weighted by atomic mass is 15.3. The van der Waals surface area contributed by atoms with Gasteiger partial charge in [0.05, 0.1) is 32.7 Å². The number of fused-ring (bicyclic) bond motifs is 2. The second kappa shape index (κ2) is 5.25. The normalized spacial score (nSPS) is 33.0. The molecule has 2 fully saturated rings. The number of anilines is 1. The summed E-state index contributed by atoms with van der Waals surface area (Å²) in [5, 5.41) is 0. The third kappa shape index (κ3) is 2.37. The molecule has 0 spiro atoms. The maximum Gasteiger partial charge on any atom is 0.0949 e. The standard InChI is InChI=1S/C18H24N2/c1-2-4-18(5-3-1)20-10-8-19(9-11-20)14-17-13-15-6-7-16(17)12-15/h1-7,15-17H,8-14H2/p+1/t15-,16-,17-/m1/s1. The van der Waals surface area contributed by atoms with E-state index in [4.69, 9.17) is 0 Å². The molecule has 2 nitrogen and oxygen atoms in total. The summed E-state index contributed by atoms with van der Waals surface area (Å²) in [5.41, 5.74) is 1.40. The Balaban J connectivity index is 1.31. The first-order chi connectivity index (χ1) is 9.88. The Morgan fingerprint density at radius 3 is 2.45 bits per heavy atom. The van der Waals surface area contributed by atoms with Crippen LogP contribution in [-0.2, 0) is 0 Å². The number of benzene rings is 1. The third-order valence-electron chi connectivity index (χ3n) is 5.56. The number of piperazine rings is 1. The van der Waals surface area contributed by atoms with Gasteiger partial charge in [-0.3, -0.25) is 0 Å². The predicted molar refractivity (Wildman–Crippen MR) is 83.1 cm³/mol. The van der Waals surface area contributed by atoms with Gasteiger partial charge in [0, 0.05) is 11.6 Å². The fourth-order valence-electron chi connectivity index (χ4n) is 4.42. The third-order valence-corrected chi connectivity index (χ3v) is 5.56. The molecule has 0 radical (unpaired) electrons. The molecule has 20 heavy (non-hydrogen) atoms. The van der Waals surface area contributed by atoms with E-state index in [0.717, 1.165) is 17.8 Å².